The monoisotopic (exact) mass is 363 g/mol. The summed E-state index contributed by atoms with van der Waals surface area (Å²) in [6.07, 6.45) is 6.01. The van der Waals surface area contributed by atoms with Crippen LogP contribution in [0.2, 0.25) is 0 Å². The van der Waals surface area contributed by atoms with Crippen LogP contribution in [-0.4, -0.2) is 17.9 Å². The molecule has 1 heterocycles. The Labute approximate surface area is 159 Å². The zero-order valence-electron chi connectivity index (χ0n) is 15.7. The minimum Gasteiger partial charge on any atom is -0.454 e. The van der Waals surface area contributed by atoms with Crippen molar-refractivity contribution in [1.29, 1.82) is 0 Å². The lowest BCUT2D eigenvalue weighted by atomic mass is 9.92. The van der Waals surface area contributed by atoms with Crippen molar-refractivity contribution in [3.63, 3.8) is 0 Å². The van der Waals surface area contributed by atoms with Gasteiger partial charge in [-0.2, -0.15) is 0 Å². The molecular weight excluding hydrogens is 338 g/mol. The number of fused-ring (bicyclic) bond motifs is 1. The van der Waals surface area contributed by atoms with Gasteiger partial charge in [-0.15, -0.1) is 0 Å². The first-order valence-corrected chi connectivity index (χ1v) is 9.81. The Morgan fingerprint density at radius 3 is 2.52 bits per heavy atom. The first-order chi connectivity index (χ1) is 13.1. The lowest BCUT2D eigenvalue weighted by Gasteiger charge is -2.26. The zero-order valence-corrected chi connectivity index (χ0v) is 15.7. The molecular formula is C23H25NO3. The fourth-order valence-electron chi connectivity index (χ4n) is 4.02. The third-order valence-electron chi connectivity index (χ3n) is 5.63. The maximum absolute atomic E-state index is 12.6. The molecule has 0 radical (unpaired) electrons. The van der Waals surface area contributed by atoms with E-state index in [1.54, 1.807) is 12.1 Å². The molecule has 0 unspecified atom stereocenters. The van der Waals surface area contributed by atoms with E-state index in [-0.39, 0.29) is 24.0 Å². The van der Waals surface area contributed by atoms with E-state index in [2.05, 4.69) is 5.32 Å². The van der Waals surface area contributed by atoms with Crippen LogP contribution >= 0.6 is 0 Å². The summed E-state index contributed by atoms with van der Waals surface area (Å²) in [4.78, 5) is 25.1. The number of carbonyl (C=O) groups is 2. The average Bonchev–Trinajstić information content (AvgIpc) is 2.69. The zero-order chi connectivity index (χ0) is 18.8. The van der Waals surface area contributed by atoms with Crippen molar-refractivity contribution in [3.8, 4) is 0 Å². The SMILES string of the molecule is Cc1ccc([C@H]2Cc3cc(C(=O)NC4CCCCC4)ccc3C(=O)O2)cc1. The number of aryl methyl sites for hydroxylation is 1. The van der Waals surface area contributed by atoms with Crippen LogP contribution in [0.25, 0.3) is 0 Å². The predicted octanol–water partition coefficient (Wildman–Crippen LogP) is 4.51. The second kappa shape index (κ2) is 7.55. The van der Waals surface area contributed by atoms with Gasteiger partial charge < -0.3 is 10.1 Å². The van der Waals surface area contributed by atoms with E-state index < -0.39 is 0 Å². The third kappa shape index (κ3) is 3.90. The smallest absolute Gasteiger partial charge is 0.339 e. The van der Waals surface area contributed by atoms with Crippen LogP contribution in [0.4, 0.5) is 0 Å². The van der Waals surface area contributed by atoms with E-state index in [1.165, 1.54) is 24.8 Å². The second-order valence-electron chi connectivity index (χ2n) is 7.69. The van der Waals surface area contributed by atoms with E-state index in [1.807, 2.05) is 37.3 Å². The average molecular weight is 363 g/mol. The fraction of sp³-hybridized carbons (Fsp3) is 0.391. The molecule has 4 rings (SSSR count). The molecule has 4 nitrogen and oxygen atoms in total. The fourth-order valence-corrected chi connectivity index (χ4v) is 4.02. The lowest BCUT2D eigenvalue weighted by molar-refractivity contribution is 0.0252. The molecule has 0 spiro atoms. The summed E-state index contributed by atoms with van der Waals surface area (Å²) in [7, 11) is 0. The van der Waals surface area contributed by atoms with Crippen molar-refractivity contribution in [2.24, 2.45) is 0 Å². The Kier molecular flexibility index (Phi) is 4.97. The lowest BCUT2D eigenvalue weighted by Crippen LogP contribution is -2.36. The van der Waals surface area contributed by atoms with E-state index in [9.17, 15) is 9.59 Å². The molecule has 0 aromatic heterocycles. The number of benzene rings is 2. The third-order valence-corrected chi connectivity index (χ3v) is 5.63. The number of nitrogens with one attached hydrogen (secondary N) is 1. The highest BCUT2D eigenvalue weighted by atomic mass is 16.5. The molecule has 4 heteroatoms. The Morgan fingerprint density at radius 2 is 1.78 bits per heavy atom. The van der Waals surface area contributed by atoms with E-state index in [4.69, 9.17) is 4.74 Å². The highest BCUT2D eigenvalue weighted by Gasteiger charge is 2.28. The van der Waals surface area contributed by atoms with Gasteiger partial charge in [0.2, 0.25) is 0 Å². The predicted molar refractivity (Wildman–Crippen MR) is 104 cm³/mol. The van der Waals surface area contributed by atoms with Crippen LogP contribution in [0.15, 0.2) is 42.5 Å². The van der Waals surface area contributed by atoms with Gasteiger partial charge in [0.1, 0.15) is 6.10 Å². The molecule has 0 bridgehead atoms. The van der Waals surface area contributed by atoms with Gasteiger partial charge in [0, 0.05) is 18.0 Å². The van der Waals surface area contributed by atoms with Gasteiger partial charge in [0.25, 0.3) is 5.91 Å². The molecule has 1 aliphatic heterocycles. The van der Waals surface area contributed by atoms with Crippen LogP contribution in [0.1, 0.15) is 75.6 Å². The molecule has 1 saturated carbocycles. The van der Waals surface area contributed by atoms with Crippen molar-refractivity contribution in [3.05, 3.63) is 70.3 Å². The molecule has 1 aliphatic carbocycles. The van der Waals surface area contributed by atoms with Crippen molar-refractivity contribution in [1.82, 2.24) is 5.32 Å². The van der Waals surface area contributed by atoms with Crippen molar-refractivity contribution < 1.29 is 14.3 Å². The Balaban J connectivity index is 1.53. The van der Waals surface area contributed by atoms with Crippen LogP contribution in [0, 0.1) is 6.92 Å². The van der Waals surface area contributed by atoms with Gasteiger partial charge in [-0.05, 0) is 49.1 Å². The first kappa shape index (κ1) is 17.8. The first-order valence-electron chi connectivity index (χ1n) is 9.81. The maximum atomic E-state index is 12.6. The summed E-state index contributed by atoms with van der Waals surface area (Å²) in [5.41, 5.74) is 4.22. The summed E-state index contributed by atoms with van der Waals surface area (Å²) < 4.78 is 5.62. The van der Waals surface area contributed by atoms with Crippen LogP contribution in [-0.2, 0) is 11.2 Å². The molecule has 1 N–H and O–H groups in total. The highest BCUT2D eigenvalue weighted by molar-refractivity contribution is 5.98. The number of hydrogen-bond acceptors (Lipinski definition) is 3. The Hall–Kier alpha value is -2.62. The Bertz CT molecular complexity index is 850. The summed E-state index contributed by atoms with van der Waals surface area (Å²) in [5, 5.41) is 3.15. The molecule has 2 aliphatic rings. The summed E-state index contributed by atoms with van der Waals surface area (Å²) >= 11 is 0. The number of rotatable bonds is 3. The van der Waals surface area contributed by atoms with Crippen molar-refractivity contribution in [2.75, 3.05) is 0 Å². The molecule has 27 heavy (non-hydrogen) atoms. The summed E-state index contributed by atoms with van der Waals surface area (Å²) in [6, 6.07) is 13.6. The number of hydrogen-bond donors (Lipinski definition) is 1. The van der Waals surface area contributed by atoms with Crippen LogP contribution < -0.4 is 5.32 Å². The number of ether oxygens (including phenoxy) is 1. The van der Waals surface area contributed by atoms with Gasteiger partial charge in [-0.25, -0.2) is 4.79 Å². The van der Waals surface area contributed by atoms with Gasteiger partial charge >= 0.3 is 5.97 Å². The number of cyclic esters (lactones) is 1. The standard InChI is InChI=1S/C23H25NO3/c1-15-7-9-16(10-8-15)21-14-18-13-17(11-12-20(18)23(26)27-21)22(25)24-19-5-3-2-4-6-19/h7-13,19,21H,2-6,14H2,1H3,(H,24,25)/t21-/m1/s1. The molecule has 140 valence electrons. The normalized spacial score (nSPS) is 19.9. The van der Waals surface area contributed by atoms with Gasteiger partial charge in [-0.3, -0.25) is 4.79 Å². The quantitative estimate of drug-likeness (QED) is 0.816. The van der Waals surface area contributed by atoms with Gasteiger partial charge in [0.15, 0.2) is 0 Å². The van der Waals surface area contributed by atoms with Crippen LogP contribution in [0.5, 0.6) is 0 Å². The van der Waals surface area contributed by atoms with Gasteiger partial charge in [0.05, 0.1) is 5.56 Å². The van der Waals surface area contributed by atoms with Crippen LogP contribution in [0.3, 0.4) is 0 Å². The summed E-state index contributed by atoms with van der Waals surface area (Å²) in [6.45, 7) is 2.03. The number of amides is 1. The molecule has 1 amide bonds. The van der Waals surface area contributed by atoms with Crippen molar-refractivity contribution in [2.45, 2.75) is 57.6 Å². The largest absolute Gasteiger partial charge is 0.454 e. The minimum atomic E-state index is -0.318. The minimum absolute atomic E-state index is 0.0458. The van der Waals surface area contributed by atoms with Crippen molar-refractivity contribution >= 4 is 11.9 Å². The number of carbonyl (C=O) groups excluding carboxylic acids is 2. The second-order valence-corrected chi connectivity index (χ2v) is 7.69. The molecule has 1 atom stereocenters. The van der Waals surface area contributed by atoms with Gasteiger partial charge in [-0.1, -0.05) is 49.1 Å². The molecule has 1 fully saturated rings. The highest BCUT2D eigenvalue weighted by Crippen LogP contribution is 2.31. The molecule has 2 aromatic carbocycles. The summed E-state index contributed by atoms with van der Waals surface area (Å²) in [5.74, 6) is -0.364. The molecule has 2 aromatic rings. The van der Waals surface area contributed by atoms with E-state index >= 15 is 0 Å². The Morgan fingerprint density at radius 1 is 1.04 bits per heavy atom. The topological polar surface area (TPSA) is 55.4 Å². The van der Waals surface area contributed by atoms with E-state index in [0.29, 0.717) is 17.5 Å². The van der Waals surface area contributed by atoms with E-state index in [0.717, 1.165) is 24.0 Å². The molecule has 0 saturated heterocycles. The number of esters is 1. The maximum Gasteiger partial charge on any atom is 0.339 e.